The minimum Gasteiger partial charge on any atom is -0.390 e. The lowest BCUT2D eigenvalue weighted by molar-refractivity contribution is -0.304. The Morgan fingerprint density at radius 1 is 0.833 bits per heavy atom. The highest BCUT2D eigenvalue weighted by Gasteiger charge is 2.43. The van der Waals surface area contributed by atoms with Crippen LogP contribution in [0.1, 0.15) is 54.4 Å². The van der Waals surface area contributed by atoms with E-state index in [0.717, 1.165) is 0 Å². The van der Waals surface area contributed by atoms with Crippen LogP contribution in [-0.2, 0) is 9.47 Å². The van der Waals surface area contributed by atoms with Gasteiger partial charge >= 0.3 is 0 Å². The molecule has 8 N–H and O–H groups in total. The van der Waals surface area contributed by atoms with Gasteiger partial charge < -0.3 is 50.5 Å². The molecule has 1 aliphatic rings. The molecule has 0 aromatic rings. The lowest BCUT2D eigenvalue weighted by atomic mass is 9.97. The number of rotatable bonds is 10. The van der Waals surface area contributed by atoms with Crippen LogP contribution in [-0.4, -0.2) is 110 Å². The highest BCUT2D eigenvalue weighted by atomic mass is 16.7. The first-order valence-electron chi connectivity index (χ1n) is 10.7. The summed E-state index contributed by atoms with van der Waals surface area (Å²) in [6.07, 6.45) is -8.77. The molecular formula is C20H43NO9. The average molecular weight is 442 g/mol. The molecule has 0 spiro atoms. The Bertz CT molecular complexity index is 434. The van der Waals surface area contributed by atoms with E-state index in [1.54, 1.807) is 6.92 Å². The maximum absolute atomic E-state index is 9.61. The van der Waals surface area contributed by atoms with Gasteiger partial charge in [0.1, 0.15) is 30.5 Å². The number of nitrogens with one attached hydrogen (secondary N) is 1. The molecule has 1 aliphatic heterocycles. The van der Waals surface area contributed by atoms with E-state index in [1.807, 2.05) is 34.6 Å². The molecule has 0 unspecified atom stereocenters. The minimum absolute atomic E-state index is 0.107. The van der Waals surface area contributed by atoms with Crippen molar-refractivity contribution in [1.82, 2.24) is 5.32 Å². The summed E-state index contributed by atoms with van der Waals surface area (Å²) in [6, 6.07) is 0.195. The molecule has 10 heteroatoms. The molecule has 1 heterocycles. The third-order valence-electron chi connectivity index (χ3n) is 4.77. The normalized spacial score (nSPS) is 31.1. The topological polar surface area (TPSA) is 172 Å². The maximum atomic E-state index is 9.61. The predicted molar refractivity (Wildman–Crippen MR) is 111 cm³/mol. The lowest BCUT2D eigenvalue weighted by Gasteiger charge is -2.40. The SMILES string of the molecule is CC[C@@H](O)[C@@H](O)[C@H](O)[C@@H](O)CNC(C)C.CC[C@H]1O[C@H](OC(C)C)[C@@H](O)[C@@H](O)[C@@H]1O. The van der Waals surface area contributed by atoms with Crippen LogP contribution < -0.4 is 5.32 Å². The van der Waals surface area contributed by atoms with Crippen molar-refractivity contribution < 1.29 is 45.2 Å². The van der Waals surface area contributed by atoms with Crippen molar-refractivity contribution in [2.24, 2.45) is 0 Å². The summed E-state index contributed by atoms with van der Waals surface area (Å²) in [5, 5.41) is 69.4. The fourth-order valence-electron chi connectivity index (χ4n) is 2.81. The Morgan fingerprint density at radius 2 is 1.37 bits per heavy atom. The molecule has 1 saturated heterocycles. The molecular weight excluding hydrogens is 398 g/mol. The Kier molecular flexibility index (Phi) is 14.4. The number of hydrogen-bond acceptors (Lipinski definition) is 10. The van der Waals surface area contributed by atoms with Crippen LogP contribution in [0.5, 0.6) is 0 Å². The summed E-state index contributed by atoms with van der Waals surface area (Å²) in [5.41, 5.74) is 0. The van der Waals surface area contributed by atoms with Crippen LogP contribution in [0.3, 0.4) is 0 Å². The zero-order valence-electron chi connectivity index (χ0n) is 18.9. The Labute approximate surface area is 179 Å². The number of hydrogen-bond donors (Lipinski definition) is 8. The first-order valence-corrected chi connectivity index (χ1v) is 10.7. The van der Waals surface area contributed by atoms with Gasteiger partial charge in [-0.05, 0) is 26.7 Å². The smallest absolute Gasteiger partial charge is 0.186 e. The van der Waals surface area contributed by atoms with E-state index in [0.29, 0.717) is 12.8 Å². The molecule has 1 rings (SSSR count). The van der Waals surface area contributed by atoms with Crippen molar-refractivity contribution in [1.29, 1.82) is 0 Å². The second-order valence-corrected chi connectivity index (χ2v) is 8.19. The van der Waals surface area contributed by atoms with Gasteiger partial charge in [0.05, 0.1) is 24.4 Å². The van der Waals surface area contributed by atoms with Gasteiger partial charge in [-0.3, -0.25) is 0 Å². The largest absolute Gasteiger partial charge is 0.390 e. The molecule has 0 aliphatic carbocycles. The van der Waals surface area contributed by atoms with Gasteiger partial charge in [0.15, 0.2) is 6.29 Å². The molecule has 0 saturated carbocycles. The molecule has 9 atom stereocenters. The summed E-state index contributed by atoms with van der Waals surface area (Å²) in [4.78, 5) is 0. The summed E-state index contributed by atoms with van der Waals surface area (Å²) in [5.74, 6) is 0. The first kappa shape index (κ1) is 29.6. The van der Waals surface area contributed by atoms with Crippen LogP contribution in [0.4, 0.5) is 0 Å². The van der Waals surface area contributed by atoms with Crippen LogP contribution in [0.2, 0.25) is 0 Å². The van der Waals surface area contributed by atoms with Crippen molar-refractivity contribution >= 4 is 0 Å². The summed E-state index contributed by atoms with van der Waals surface area (Å²) >= 11 is 0. The van der Waals surface area contributed by atoms with Gasteiger partial charge in [-0.1, -0.05) is 27.7 Å². The number of aliphatic hydroxyl groups excluding tert-OH is 7. The van der Waals surface area contributed by atoms with Gasteiger partial charge in [-0.15, -0.1) is 0 Å². The molecule has 0 aromatic heterocycles. The summed E-state index contributed by atoms with van der Waals surface area (Å²) in [7, 11) is 0. The van der Waals surface area contributed by atoms with Crippen molar-refractivity contribution in [3.8, 4) is 0 Å². The van der Waals surface area contributed by atoms with Gasteiger partial charge in [0.2, 0.25) is 0 Å². The van der Waals surface area contributed by atoms with Gasteiger partial charge in [0.25, 0.3) is 0 Å². The van der Waals surface area contributed by atoms with Crippen LogP contribution >= 0.6 is 0 Å². The Balaban J connectivity index is 0.000000561. The van der Waals surface area contributed by atoms with E-state index in [-0.39, 0.29) is 18.7 Å². The predicted octanol–water partition coefficient (Wildman–Crippen LogP) is -1.53. The molecule has 0 radical (unpaired) electrons. The standard InChI is InChI=1S/C10H23NO4.C10H20O5/c1-4-7(12)9(14)10(15)8(13)5-11-6(2)3;1-4-6-7(11)8(12)9(13)10(15-6)14-5(2)3/h6-15H,4-5H2,1-3H3;5-13H,4H2,1-3H3/t7-,8+,9-,10-;6-,7-,8+,9+,10+/m11/s1. The third kappa shape index (κ3) is 9.82. The lowest BCUT2D eigenvalue weighted by Crippen LogP contribution is -2.58. The van der Waals surface area contributed by atoms with E-state index in [2.05, 4.69) is 5.32 Å². The maximum Gasteiger partial charge on any atom is 0.186 e. The van der Waals surface area contributed by atoms with Crippen LogP contribution in [0.15, 0.2) is 0 Å². The molecule has 0 amide bonds. The molecule has 0 bridgehead atoms. The average Bonchev–Trinajstić information content (AvgIpc) is 2.70. The monoisotopic (exact) mass is 441 g/mol. The van der Waals surface area contributed by atoms with Gasteiger partial charge in [-0.2, -0.15) is 0 Å². The van der Waals surface area contributed by atoms with E-state index >= 15 is 0 Å². The second-order valence-electron chi connectivity index (χ2n) is 8.19. The van der Waals surface area contributed by atoms with Crippen LogP contribution in [0, 0.1) is 0 Å². The second kappa shape index (κ2) is 14.6. The van der Waals surface area contributed by atoms with E-state index in [1.165, 1.54) is 0 Å². The van der Waals surface area contributed by atoms with Crippen molar-refractivity contribution in [2.75, 3.05) is 6.54 Å². The Hall–Kier alpha value is -0.400. The number of aliphatic hydroxyl groups is 7. The van der Waals surface area contributed by atoms with Crippen molar-refractivity contribution in [3.05, 3.63) is 0 Å². The zero-order valence-corrected chi connectivity index (χ0v) is 18.9. The number of ether oxygens (including phenoxy) is 2. The Morgan fingerprint density at radius 3 is 1.80 bits per heavy atom. The van der Waals surface area contributed by atoms with Gasteiger partial charge in [-0.25, -0.2) is 0 Å². The summed E-state index contributed by atoms with van der Waals surface area (Å²) in [6.45, 7) is 11.2. The highest BCUT2D eigenvalue weighted by Crippen LogP contribution is 2.24. The van der Waals surface area contributed by atoms with Crippen molar-refractivity contribution in [3.63, 3.8) is 0 Å². The van der Waals surface area contributed by atoms with E-state index in [9.17, 15) is 35.7 Å². The fraction of sp³-hybridized carbons (Fsp3) is 1.00. The first-order chi connectivity index (χ1) is 13.9. The molecule has 182 valence electrons. The fourth-order valence-corrected chi connectivity index (χ4v) is 2.81. The van der Waals surface area contributed by atoms with E-state index in [4.69, 9.17) is 9.47 Å². The van der Waals surface area contributed by atoms with E-state index < -0.39 is 55.1 Å². The third-order valence-corrected chi connectivity index (χ3v) is 4.77. The highest BCUT2D eigenvalue weighted by molar-refractivity contribution is 4.88. The minimum atomic E-state index is -1.33. The van der Waals surface area contributed by atoms with Gasteiger partial charge in [0, 0.05) is 12.6 Å². The van der Waals surface area contributed by atoms with Crippen LogP contribution in [0.25, 0.3) is 0 Å². The summed E-state index contributed by atoms with van der Waals surface area (Å²) < 4.78 is 10.7. The molecule has 0 aromatic carbocycles. The quantitative estimate of drug-likeness (QED) is 0.199. The molecule has 1 fully saturated rings. The van der Waals surface area contributed by atoms with Crippen molar-refractivity contribution in [2.45, 2.75) is 122 Å². The molecule has 30 heavy (non-hydrogen) atoms. The molecule has 10 nitrogen and oxygen atoms in total. The zero-order chi connectivity index (χ0) is 23.6.